The van der Waals surface area contributed by atoms with Gasteiger partial charge in [0.25, 0.3) is 0 Å². The number of carbonyl (C=O) groups excluding carboxylic acids is 1. The number of rotatable bonds is 5. The molecule has 0 spiro atoms. The van der Waals surface area contributed by atoms with Crippen molar-refractivity contribution in [2.24, 2.45) is 0 Å². The van der Waals surface area contributed by atoms with Crippen molar-refractivity contribution in [2.45, 2.75) is 70.4 Å². The molecule has 4 atom stereocenters. The molecule has 2 heterocycles. The highest BCUT2D eigenvalue weighted by Crippen LogP contribution is 2.34. The van der Waals surface area contributed by atoms with Gasteiger partial charge in [-0.25, -0.2) is 13.6 Å². The van der Waals surface area contributed by atoms with Crippen LogP contribution in [0.25, 0.3) is 0 Å². The SMILES string of the molecule is Cc1cc(Br)ccc1O[C@@H]1CCN([C@@H]2CO[C@H](c3cc(F)ccc3F)[C@@H](NC(=O)OC(C)(C)C)C2)C1. The third kappa shape index (κ3) is 6.75. The van der Waals surface area contributed by atoms with Crippen molar-refractivity contribution in [3.05, 3.63) is 63.6 Å². The molecule has 2 aliphatic rings. The van der Waals surface area contributed by atoms with Crippen LogP contribution >= 0.6 is 15.9 Å². The van der Waals surface area contributed by atoms with Gasteiger partial charge in [0.15, 0.2) is 0 Å². The molecule has 0 bridgehead atoms. The number of hydrogen-bond acceptors (Lipinski definition) is 5. The minimum atomic E-state index is -0.829. The molecular formula is C27H33BrF2N2O4. The summed E-state index contributed by atoms with van der Waals surface area (Å²) in [4.78, 5) is 14.9. The van der Waals surface area contributed by atoms with E-state index < -0.39 is 35.5 Å². The monoisotopic (exact) mass is 566 g/mol. The summed E-state index contributed by atoms with van der Waals surface area (Å²) in [5.41, 5.74) is 0.455. The fourth-order valence-corrected chi connectivity index (χ4v) is 5.28. The van der Waals surface area contributed by atoms with E-state index in [4.69, 9.17) is 14.2 Å². The molecule has 0 aliphatic carbocycles. The number of nitrogens with zero attached hydrogens (tertiary/aromatic N) is 1. The van der Waals surface area contributed by atoms with Gasteiger partial charge in [0.2, 0.25) is 0 Å². The first-order chi connectivity index (χ1) is 17.0. The first-order valence-corrected chi connectivity index (χ1v) is 13.0. The molecule has 0 aromatic heterocycles. The molecule has 2 aromatic rings. The molecular weight excluding hydrogens is 534 g/mol. The number of benzene rings is 2. The lowest BCUT2D eigenvalue weighted by Gasteiger charge is -2.40. The van der Waals surface area contributed by atoms with Gasteiger partial charge in [-0.15, -0.1) is 0 Å². The van der Waals surface area contributed by atoms with E-state index in [1.54, 1.807) is 20.8 Å². The summed E-state index contributed by atoms with van der Waals surface area (Å²) >= 11 is 3.48. The summed E-state index contributed by atoms with van der Waals surface area (Å²) < 4.78 is 47.4. The topological polar surface area (TPSA) is 60.0 Å². The number of halogens is 3. The third-order valence-corrected chi connectivity index (χ3v) is 6.94. The largest absolute Gasteiger partial charge is 0.489 e. The first-order valence-electron chi connectivity index (χ1n) is 12.2. The van der Waals surface area contributed by atoms with E-state index in [0.717, 1.165) is 47.0 Å². The summed E-state index contributed by atoms with van der Waals surface area (Å²) in [6, 6.07) is 8.61. The maximum Gasteiger partial charge on any atom is 0.407 e. The molecule has 4 rings (SSSR count). The highest BCUT2D eigenvalue weighted by Gasteiger charge is 2.40. The van der Waals surface area contributed by atoms with Crippen molar-refractivity contribution in [2.75, 3.05) is 19.7 Å². The lowest BCUT2D eigenvalue weighted by Crippen LogP contribution is -2.52. The van der Waals surface area contributed by atoms with Gasteiger partial charge in [-0.1, -0.05) is 15.9 Å². The third-order valence-electron chi connectivity index (χ3n) is 6.45. The lowest BCUT2D eigenvalue weighted by molar-refractivity contribution is -0.0585. The van der Waals surface area contributed by atoms with E-state index in [2.05, 4.69) is 26.1 Å². The second-order valence-electron chi connectivity index (χ2n) is 10.5. The minimum Gasteiger partial charge on any atom is -0.489 e. The average molecular weight is 567 g/mol. The van der Waals surface area contributed by atoms with E-state index in [1.165, 1.54) is 0 Å². The van der Waals surface area contributed by atoms with Crippen LogP contribution in [0.4, 0.5) is 13.6 Å². The molecule has 9 heteroatoms. The van der Waals surface area contributed by atoms with Crippen molar-refractivity contribution >= 4 is 22.0 Å². The van der Waals surface area contributed by atoms with E-state index >= 15 is 0 Å². The summed E-state index contributed by atoms with van der Waals surface area (Å²) in [6.45, 7) is 9.18. The lowest BCUT2D eigenvalue weighted by atomic mass is 9.92. The smallest absolute Gasteiger partial charge is 0.407 e. The minimum absolute atomic E-state index is 0.0163. The Morgan fingerprint density at radius 1 is 1.19 bits per heavy atom. The summed E-state index contributed by atoms with van der Waals surface area (Å²) in [5, 5.41) is 2.85. The Morgan fingerprint density at radius 3 is 2.69 bits per heavy atom. The van der Waals surface area contributed by atoms with E-state index in [1.807, 2.05) is 25.1 Å². The predicted octanol–water partition coefficient (Wildman–Crippen LogP) is 5.91. The van der Waals surface area contributed by atoms with E-state index in [9.17, 15) is 13.6 Å². The molecule has 2 saturated heterocycles. The highest BCUT2D eigenvalue weighted by atomic mass is 79.9. The maximum absolute atomic E-state index is 14.6. The Balaban J connectivity index is 1.46. The predicted molar refractivity (Wildman–Crippen MR) is 136 cm³/mol. The molecule has 2 aliphatic heterocycles. The van der Waals surface area contributed by atoms with Gasteiger partial charge >= 0.3 is 6.09 Å². The van der Waals surface area contributed by atoms with Crippen LogP contribution in [0.15, 0.2) is 40.9 Å². The standard InChI is InChI=1S/C27H33BrF2N2O4/c1-16-11-17(28)5-8-24(16)35-20-9-10-32(14-20)19-13-23(31-26(33)36-27(2,3)4)25(34-15-19)21-12-18(29)6-7-22(21)30/h5-8,11-12,19-20,23,25H,9-10,13-15H2,1-4H3,(H,31,33)/t19-,20+,23-,25+/m0/s1. The van der Waals surface area contributed by atoms with Crippen LogP contribution in [-0.4, -0.2) is 54.5 Å². The van der Waals surface area contributed by atoms with Gasteiger partial charge in [0, 0.05) is 29.2 Å². The van der Waals surface area contributed by atoms with Gasteiger partial charge < -0.3 is 19.5 Å². The van der Waals surface area contributed by atoms with Gasteiger partial charge in [-0.05, 0) is 82.5 Å². The van der Waals surface area contributed by atoms with Crippen LogP contribution < -0.4 is 10.1 Å². The second kappa shape index (κ2) is 11.0. The Kier molecular flexibility index (Phi) is 8.22. The molecule has 196 valence electrons. The van der Waals surface area contributed by atoms with Gasteiger partial charge in [0.1, 0.15) is 35.2 Å². The van der Waals surface area contributed by atoms with E-state index in [-0.39, 0.29) is 17.7 Å². The van der Waals surface area contributed by atoms with Crippen LogP contribution in [-0.2, 0) is 9.47 Å². The Morgan fingerprint density at radius 2 is 1.97 bits per heavy atom. The number of likely N-dealkylation sites (tertiary alicyclic amines) is 1. The van der Waals surface area contributed by atoms with Crippen molar-refractivity contribution in [3.8, 4) is 5.75 Å². The fraction of sp³-hybridized carbons (Fsp3) is 0.519. The molecule has 36 heavy (non-hydrogen) atoms. The molecule has 2 fully saturated rings. The van der Waals surface area contributed by atoms with Crippen LogP contribution in [0.3, 0.4) is 0 Å². The van der Waals surface area contributed by atoms with Crippen molar-refractivity contribution in [1.82, 2.24) is 10.2 Å². The van der Waals surface area contributed by atoms with Crippen molar-refractivity contribution < 1.29 is 27.8 Å². The summed E-state index contributed by atoms with van der Waals surface area (Å²) in [5.74, 6) is -0.276. The number of nitrogens with one attached hydrogen (secondary N) is 1. The normalized spacial score (nSPS) is 25.0. The molecule has 6 nitrogen and oxygen atoms in total. The van der Waals surface area contributed by atoms with Crippen molar-refractivity contribution in [3.63, 3.8) is 0 Å². The van der Waals surface area contributed by atoms with Crippen molar-refractivity contribution in [1.29, 1.82) is 0 Å². The van der Waals surface area contributed by atoms with Crippen LogP contribution in [0.2, 0.25) is 0 Å². The zero-order valence-corrected chi connectivity index (χ0v) is 22.6. The first kappa shape index (κ1) is 26.8. The zero-order chi connectivity index (χ0) is 26.0. The Labute approximate surface area is 219 Å². The fourth-order valence-electron chi connectivity index (χ4n) is 4.81. The Hall–Kier alpha value is -2.23. The zero-order valence-electron chi connectivity index (χ0n) is 21.0. The molecule has 0 radical (unpaired) electrons. The molecule has 1 amide bonds. The quantitative estimate of drug-likeness (QED) is 0.487. The maximum atomic E-state index is 14.6. The molecule has 2 aromatic carbocycles. The Bertz CT molecular complexity index is 1090. The highest BCUT2D eigenvalue weighted by molar-refractivity contribution is 9.10. The van der Waals surface area contributed by atoms with Crippen LogP contribution in [0, 0.1) is 18.6 Å². The van der Waals surface area contributed by atoms with Gasteiger partial charge in [-0.3, -0.25) is 4.90 Å². The van der Waals surface area contributed by atoms with Crippen LogP contribution in [0.1, 0.15) is 50.8 Å². The number of alkyl carbamates (subject to hydrolysis) is 1. The van der Waals surface area contributed by atoms with E-state index in [0.29, 0.717) is 19.6 Å². The summed E-state index contributed by atoms with van der Waals surface area (Å²) in [6.07, 6.45) is -0.0564. The average Bonchev–Trinajstić information content (AvgIpc) is 3.25. The van der Waals surface area contributed by atoms with Gasteiger partial charge in [-0.2, -0.15) is 0 Å². The van der Waals surface area contributed by atoms with Gasteiger partial charge in [0.05, 0.1) is 12.6 Å². The number of aryl methyl sites for hydroxylation is 1. The molecule has 0 saturated carbocycles. The number of hydrogen-bond donors (Lipinski definition) is 1. The second-order valence-corrected chi connectivity index (χ2v) is 11.4. The van der Waals surface area contributed by atoms with Crippen LogP contribution in [0.5, 0.6) is 5.75 Å². The number of ether oxygens (including phenoxy) is 3. The molecule has 1 N–H and O–H groups in total. The number of carbonyl (C=O) groups is 1. The summed E-state index contributed by atoms with van der Waals surface area (Å²) in [7, 11) is 0. The molecule has 0 unspecified atom stereocenters. The number of amides is 1.